The van der Waals surface area contributed by atoms with Gasteiger partial charge in [-0.1, -0.05) is 18.5 Å². The fraction of sp³-hybridized carbons (Fsp3) is 0.647. The first kappa shape index (κ1) is 36.7. The van der Waals surface area contributed by atoms with E-state index in [1.807, 2.05) is 37.9 Å². The molecule has 1 unspecified atom stereocenters. The van der Waals surface area contributed by atoms with Crippen LogP contribution in [0.5, 0.6) is 0 Å². The molecule has 0 radical (unpaired) electrons. The molecule has 2 saturated heterocycles. The minimum absolute atomic E-state index is 0.0883. The number of rotatable bonds is 15. The second kappa shape index (κ2) is 18.4. The van der Waals surface area contributed by atoms with E-state index in [9.17, 15) is 9.59 Å². The van der Waals surface area contributed by atoms with Crippen LogP contribution in [-0.2, 0) is 35.0 Å². The number of nitrogens with two attached hydrogens (primary N) is 1. The number of nitrogens with zero attached hydrogens (tertiary/aromatic N) is 3. The molecule has 0 aliphatic carbocycles. The highest BCUT2D eigenvalue weighted by Gasteiger charge is 2.39. The van der Waals surface area contributed by atoms with Gasteiger partial charge in [-0.05, 0) is 62.6 Å². The van der Waals surface area contributed by atoms with Gasteiger partial charge in [0.05, 0.1) is 44.2 Å². The first-order valence-electron chi connectivity index (χ1n) is 16.5. The molecule has 10 nitrogen and oxygen atoms in total. The maximum atomic E-state index is 14.0. The van der Waals surface area contributed by atoms with Crippen LogP contribution in [-0.4, -0.2) is 124 Å². The molecule has 1 atom stereocenters. The topological polar surface area (TPSA) is 107 Å². The van der Waals surface area contributed by atoms with Crippen molar-refractivity contribution in [1.82, 2.24) is 14.7 Å². The highest BCUT2D eigenvalue weighted by atomic mass is 35.5. The van der Waals surface area contributed by atoms with E-state index in [1.54, 1.807) is 11.8 Å². The van der Waals surface area contributed by atoms with E-state index >= 15 is 0 Å². The lowest BCUT2D eigenvalue weighted by Crippen LogP contribution is -2.49. The van der Waals surface area contributed by atoms with Crippen LogP contribution < -0.4 is 5.73 Å². The highest BCUT2D eigenvalue weighted by Crippen LogP contribution is 2.35. The van der Waals surface area contributed by atoms with Gasteiger partial charge >= 0.3 is 11.9 Å². The van der Waals surface area contributed by atoms with E-state index in [0.29, 0.717) is 50.7 Å². The maximum Gasteiger partial charge on any atom is 0.336 e. The van der Waals surface area contributed by atoms with E-state index < -0.39 is 17.9 Å². The van der Waals surface area contributed by atoms with Crippen molar-refractivity contribution in [2.45, 2.75) is 51.0 Å². The van der Waals surface area contributed by atoms with Crippen molar-refractivity contribution in [1.29, 1.82) is 0 Å². The van der Waals surface area contributed by atoms with E-state index in [1.165, 1.54) is 5.56 Å². The normalized spacial score (nSPS) is 20.1. The Kier molecular flexibility index (Phi) is 14.7. The van der Waals surface area contributed by atoms with Gasteiger partial charge < -0.3 is 29.6 Å². The third kappa shape index (κ3) is 10.2. The monoisotopic (exact) mass is 678 g/mol. The number of benzene rings is 1. The molecule has 3 aliphatic heterocycles. The quantitative estimate of drug-likeness (QED) is 0.166. The zero-order valence-corrected chi connectivity index (χ0v) is 29.4. The Morgan fingerprint density at radius 2 is 1.54 bits per heavy atom. The number of carbonyl (C=O) groups is 2. The van der Waals surface area contributed by atoms with Crippen LogP contribution >= 0.6 is 23.4 Å². The smallest absolute Gasteiger partial charge is 0.336 e. The van der Waals surface area contributed by atoms with Crippen molar-refractivity contribution in [3.63, 3.8) is 0 Å². The molecule has 0 aromatic heterocycles. The molecule has 0 spiro atoms. The van der Waals surface area contributed by atoms with Crippen molar-refractivity contribution in [3.05, 3.63) is 51.3 Å². The van der Waals surface area contributed by atoms with Gasteiger partial charge in [-0.25, -0.2) is 9.59 Å². The van der Waals surface area contributed by atoms with Crippen LogP contribution in [0.2, 0.25) is 5.02 Å². The second-order valence-corrected chi connectivity index (χ2v) is 13.6. The number of morpholine rings is 2. The van der Waals surface area contributed by atoms with E-state index in [-0.39, 0.29) is 19.3 Å². The van der Waals surface area contributed by atoms with Crippen molar-refractivity contribution < 1.29 is 28.5 Å². The fourth-order valence-corrected chi connectivity index (χ4v) is 7.46. The number of esters is 2. The molecule has 2 N–H and O–H groups in total. The second-order valence-electron chi connectivity index (χ2n) is 12.0. The average Bonchev–Trinajstić information content (AvgIpc) is 3.05. The molecule has 1 aromatic carbocycles. The molecule has 0 amide bonds. The van der Waals surface area contributed by atoms with Gasteiger partial charge in [-0.3, -0.25) is 9.80 Å². The number of ether oxygens (including phenoxy) is 4. The van der Waals surface area contributed by atoms with Crippen LogP contribution in [0, 0.1) is 5.92 Å². The summed E-state index contributed by atoms with van der Waals surface area (Å²) in [6.07, 6.45) is 2.20. The minimum Gasteiger partial charge on any atom is -0.462 e. The number of halogens is 1. The van der Waals surface area contributed by atoms with Gasteiger partial charge in [-0.15, -0.1) is 11.8 Å². The number of unbranched alkanes of at least 4 members (excludes halogenated alkanes) is 1. The zero-order chi connectivity index (χ0) is 33.1. The largest absolute Gasteiger partial charge is 0.462 e. The molecule has 0 saturated carbocycles. The number of carbonyl (C=O) groups excluding carboxylic acids is 2. The van der Waals surface area contributed by atoms with Crippen molar-refractivity contribution in [3.8, 4) is 0 Å². The molecular formula is C34H51ClN4O6S. The summed E-state index contributed by atoms with van der Waals surface area (Å²) in [6.45, 7) is 13.3. The molecular weight excluding hydrogens is 628 g/mol. The Labute approximate surface area is 283 Å². The van der Waals surface area contributed by atoms with Crippen molar-refractivity contribution >= 4 is 35.3 Å². The maximum absolute atomic E-state index is 14.0. The van der Waals surface area contributed by atoms with Gasteiger partial charge in [0.25, 0.3) is 0 Å². The van der Waals surface area contributed by atoms with Crippen LogP contribution in [0.3, 0.4) is 0 Å². The highest BCUT2D eigenvalue weighted by molar-refractivity contribution is 7.99. The van der Waals surface area contributed by atoms with Crippen LogP contribution in [0.1, 0.15) is 39.2 Å². The molecule has 2 fully saturated rings. The molecule has 4 rings (SSSR count). The van der Waals surface area contributed by atoms with E-state index in [0.717, 1.165) is 72.5 Å². The summed E-state index contributed by atoms with van der Waals surface area (Å²) in [5.41, 5.74) is 9.80. The molecule has 46 heavy (non-hydrogen) atoms. The molecule has 3 aliphatic rings. The van der Waals surface area contributed by atoms with Crippen LogP contribution in [0.4, 0.5) is 0 Å². The number of aryl methyl sites for hydroxylation is 1. The SMILES string of the molecule is CCc1cc(Cl)cc(SCCCCOC(=O)C2=C(C)N(C)C(C)=C(C(=O)OC(CN3CCOCC3)CN3CCOCC3)C2CN)c1. The third-order valence-corrected chi connectivity index (χ3v) is 10.2. The minimum atomic E-state index is -0.616. The summed E-state index contributed by atoms with van der Waals surface area (Å²) >= 11 is 8.01. The predicted molar refractivity (Wildman–Crippen MR) is 182 cm³/mol. The Balaban J connectivity index is 1.37. The summed E-state index contributed by atoms with van der Waals surface area (Å²) in [5.74, 6) is -0.598. The molecule has 3 heterocycles. The molecule has 0 bridgehead atoms. The Hall–Kier alpha value is -2.12. The summed E-state index contributed by atoms with van der Waals surface area (Å²) < 4.78 is 23.1. The number of thioether (sulfide) groups is 1. The van der Waals surface area contributed by atoms with Gasteiger partial charge in [0, 0.05) is 80.1 Å². The first-order valence-corrected chi connectivity index (χ1v) is 17.8. The van der Waals surface area contributed by atoms with E-state index in [4.69, 9.17) is 36.3 Å². The Morgan fingerprint density at radius 3 is 2.11 bits per heavy atom. The summed E-state index contributed by atoms with van der Waals surface area (Å²) in [4.78, 5) is 35.1. The van der Waals surface area contributed by atoms with Crippen LogP contribution in [0.25, 0.3) is 0 Å². The van der Waals surface area contributed by atoms with E-state index in [2.05, 4.69) is 22.8 Å². The third-order valence-electron chi connectivity index (χ3n) is 8.94. The number of hydrogen-bond donors (Lipinski definition) is 1. The first-order chi connectivity index (χ1) is 22.2. The predicted octanol–water partition coefficient (Wildman–Crippen LogP) is 3.96. The summed E-state index contributed by atoms with van der Waals surface area (Å²) in [5, 5.41) is 0.753. The fourth-order valence-electron chi connectivity index (χ4n) is 6.11. The zero-order valence-electron chi connectivity index (χ0n) is 27.9. The number of hydrogen-bond acceptors (Lipinski definition) is 11. The van der Waals surface area contributed by atoms with Crippen LogP contribution in [0.15, 0.2) is 45.6 Å². The Bertz CT molecular complexity index is 1230. The van der Waals surface area contributed by atoms with Gasteiger partial charge in [0.15, 0.2) is 0 Å². The van der Waals surface area contributed by atoms with Gasteiger partial charge in [-0.2, -0.15) is 0 Å². The summed E-state index contributed by atoms with van der Waals surface area (Å²) in [7, 11) is 1.86. The lowest BCUT2D eigenvalue weighted by Gasteiger charge is -2.37. The average molecular weight is 679 g/mol. The lowest BCUT2D eigenvalue weighted by atomic mass is 9.84. The van der Waals surface area contributed by atoms with Gasteiger partial charge in [0.1, 0.15) is 6.10 Å². The Morgan fingerprint density at radius 1 is 0.957 bits per heavy atom. The van der Waals surface area contributed by atoms with Gasteiger partial charge in [0.2, 0.25) is 0 Å². The summed E-state index contributed by atoms with van der Waals surface area (Å²) in [6, 6.07) is 6.15. The van der Waals surface area contributed by atoms with Crippen molar-refractivity contribution in [2.24, 2.45) is 11.7 Å². The lowest BCUT2D eigenvalue weighted by molar-refractivity contribution is -0.148. The molecule has 256 valence electrons. The molecule has 1 aromatic rings. The number of allylic oxidation sites excluding steroid dienone is 2. The van der Waals surface area contributed by atoms with Crippen molar-refractivity contribution in [2.75, 3.05) is 91.6 Å². The molecule has 12 heteroatoms. The standard InChI is InChI=1S/C34H51ClN4O6S/c1-5-26-18-27(35)20-29(19-26)46-17-7-6-12-44-33(40)31-24(2)37(4)25(3)32(30(31)21-36)34(41)45-28(22-38-8-13-42-14-9-38)23-39-10-15-43-16-11-39/h18-20,28,30H,5-17,21-23,36H2,1-4H3.